The lowest BCUT2D eigenvalue weighted by molar-refractivity contribution is 0.312. The molecule has 2 N–H and O–H groups in total. The predicted octanol–water partition coefficient (Wildman–Crippen LogP) is 3.66. The number of nitrogens with two attached hydrogens (primary N) is 1. The quantitative estimate of drug-likeness (QED) is 0.675. The van der Waals surface area contributed by atoms with Crippen molar-refractivity contribution in [2.75, 3.05) is 19.3 Å². The van der Waals surface area contributed by atoms with Gasteiger partial charge in [-0.3, -0.25) is 4.68 Å². The third-order valence-electron chi connectivity index (χ3n) is 5.72. The third kappa shape index (κ3) is 4.23. The molecule has 1 aliphatic heterocycles. The van der Waals surface area contributed by atoms with Gasteiger partial charge in [0.1, 0.15) is 0 Å². The Hall–Kier alpha value is -3.44. The van der Waals surface area contributed by atoms with Crippen LogP contribution in [0, 0.1) is 18.3 Å². The van der Waals surface area contributed by atoms with E-state index in [9.17, 15) is 0 Å². The van der Waals surface area contributed by atoms with Crippen LogP contribution in [0.25, 0.3) is 11.3 Å². The maximum Gasteiger partial charge on any atom is 0.263 e. The monoisotopic (exact) mass is 417 g/mol. The van der Waals surface area contributed by atoms with Gasteiger partial charge in [0, 0.05) is 18.7 Å². The van der Waals surface area contributed by atoms with Gasteiger partial charge in [-0.15, -0.1) is 0 Å². The molecule has 2 aromatic heterocycles. The van der Waals surface area contributed by atoms with Crippen LogP contribution >= 0.6 is 0 Å². The Labute approximate surface area is 182 Å². The molecule has 1 aromatic carbocycles. The number of hydrogen-bond donors (Lipinski definition) is 1. The van der Waals surface area contributed by atoms with Crippen LogP contribution in [-0.4, -0.2) is 38.2 Å². The molecule has 160 valence electrons. The van der Waals surface area contributed by atoms with Crippen molar-refractivity contribution >= 4 is 5.82 Å². The molecule has 31 heavy (non-hydrogen) atoms. The minimum absolute atomic E-state index is 0.210. The van der Waals surface area contributed by atoms with E-state index in [0.29, 0.717) is 17.9 Å². The van der Waals surface area contributed by atoms with E-state index in [1.807, 2.05) is 13.8 Å². The van der Waals surface area contributed by atoms with E-state index < -0.39 is 5.54 Å². The average molecular weight is 418 g/mol. The number of rotatable bonds is 5. The first-order chi connectivity index (χ1) is 14.8. The standard InChI is InChI=1S/C23H27N7O/c1-15-9-16(10-17-13-29(4)8-5-19(15)17)20-12-26-21(25)22(28-20)31-18-11-27-30(14-18)23(2,3)6-7-24/h9-12,14H,5-6,8,13H2,1-4H3,(H2,25,26). The molecule has 0 spiro atoms. The summed E-state index contributed by atoms with van der Waals surface area (Å²) >= 11 is 0. The highest BCUT2D eigenvalue weighted by molar-refractivity contribution is 5.64. The van der Waals surface area contributed by atoms with Crippen LogP contribution in [0.1, 0.15) is 37.0 Å². The van der Waals surface area contributed by atoms with Crippen LogP contribution in [0.4, 0.5) is 5.82 Å². The number of hydrogen-bond acceptors (Lipinski definition) is 7. The second kappa shape index (κ2) is 8.00. The first-order valence-electron chi connectivity index (χ1n) is 10.3. The van der Waals surface area contributed by atoms with E-state index >= 15 is 0 Å². The van der Waals surface area contributed by atoms with Gasteiger partial charge in [-0.25, -0.2) is 9.97 Å². The zero-order chi connectivity index (χ0) is 22.2. The third-order valence-corrected chi connectivity index (χ3v) is 5.72. The van der Waals surface area contributed by atoms with Crippen LogP contribution in [0.5, 0.6) is 11.6 Å². The number of benzene rings is 1. The van der Waals surface area contributed by atoms with Gasteiger partial charge >= 0.3 is 0 Å². The minimum Gasteiger partial charge on any atom is -0.433 e. The van der Waals surface area contributed by atoms with E-state index in [4.69, 9.17) is 15.7 Å². The molecular formula is C23H27N7O. The van der Waals surface area contributed by atoms with E-state index in [-0.39, 0.29) is 11.7 Å². The number of nitriles is 1. The summed E-state index contributed by atoms with van der Waals surface area (Å²) in [5, 5.41) is 13.4. The van der Waals surface area contributed by atoms with Crippen molar-refractivity contribution in [3.63, 3.8) is 0 Å². The molecule has 0 unspecified atom stereocenters. The number of fused-ring (bicyclic) bond motifs is 1. The molecule has 0 radical (unpaired) electrons. The number of anilines is 1. The fourth-order valence-corrected chi connectivity index (χ4v) is 3.88. The predicted molar refractivity (Wildman–Crippen MR) is 119 cm³/mol. The molecule has 0 saturated heterocycles. The lowest BCUT2D eigenvalue weighted by Crippen LogP contribution is -2.27. The molecule has 0 bridgehead atoms. The second-order valence-electron chi connectivity index (χ2n) is 8.73. The van der Waals surface area contributed by atoms with Crippen LogP contribution in [0.2, 0.25) is 0 Å². The fourth-order valence-electron chi connectivity index (χ4n) is 3.88. The molecule has 1 aliphatic rings. The van der Waals surface area contributed by atoms with Gasteiger partial charge in [-0.05, 0) is 63.1 Å². The molecule has 0 fully saturated rings. The Kier molecular flexibility index (Phi) is 5.38. The number of nitrogens with zero attached hydrogens (tertiary/aromatic N) is 6. The number of ether oxygens (including phenoxy) is 1. The highest BCUT2D eigenvalue weighted by Crippen LogP contribution is 2.31. The van der Waals surface area contributed by atoms with Gasteiger partial charge in [0.15, 0.2) is 11.6 Å². The molecule has 8 nitrogen and oxygen atoms in total. The fraction of sp³-hybridized carbons (Fsp3) is 0.391. The van der Waals surface area contributed by atoms with Crippen molar-refractivity contribution in [2.45, 2.75) is 45.7 Å². The summed E-state index contributed by atoms with van der Waals surface area (Å²) in [4.78, 5) is 11.3. The van der Waals surface area contributed by atoms with Crippen molar-refractivity contribution in [2.24, 2.45) is 0 Å². The van der Waals surface area contributed by atoms with E-state index in [0.717, 1.165) is 25.1 Å². The zero-order valence-corrected chi connectivity index (χ0v) is 18.4. The number of aryl methyl sites for hydroxylation is 1. The molecule has 8 heteroatoms. The number of aromatic nitrogens is 4. The minimum atomic E-state index is -0.441. The molecule has 3 heterocycles. The highest BCUT2D eigenvalue weighted by atomic mass is 16.5. The van der Waals surface area contributed by atoms with E-state index in [1.165, 1.54) is 16.7 Å². The van der Waals surface area contributed by atoms with E-state index in [1.54, 1.807) is 23.3 Å². The molecule has 0 amide bonds. The Bertz CT molecular complexity index is 1160. The van der Waals surface area contributed by atoms with Crippen molar-refractivity contribution in [1.29, 1.82) is 5.26 Å². The van der Waals surface area contributed by atoms with Crippen LogP contribution in [0.3, 0.4) is 0 Å². The molecule has 0 atom stereocenters. The summed E-state index contributed by atoms with van der Waals surface area (Å²) in [5.41, 5.74) is 11.3. The number of nitrogen functional groups attached to an aromatic ring is 1. The SMILES string of the molecule is Cc1cc(-c2cnc(N)c(Oc3cnn(C(C)(C)CC#N)c3)n2)cc2c1CCN(C)C2. The van der Waals surface area contributed by atoms with Gasteiger partial charge < -0.3 is 15.4 Å². The summed E-state index contributed by atoms with van der Waals surface area (Å²) in [7, 11) is 2.14. The normalized spacial score (nSPS) is 14.2. The lowest BCUT2D eigenvalue weighted by atomic mass is 9.92. The van der Waals surface area contributed by atoms with Crippen molar-refractivity contribution in [1.82, 2.24) is 24.6 Å². The Morgan fingerprint density at radius 3 is 2.87 bits per heavy atom. The largest absolute Gasteiger partial charge is 0.433 e. The van der Waals surface area contributed by atoms with Crippen LogP contribution in [0.15, 0.2) is 30.7 Å². The van der Waals surface area contributed by atoms with E-state index in [2.05, 4.69) is 52.1 Å². The van der Waals surface area contributed by atoms with Gasteiger partial charge in [0.25, 0.3) is 5.88 Å². The summed E-state index contributed by atoms with van der Waals surface area (Å²) < 4.78 is 7.62. The summed E-state index contributed by atoms with van der Waals surface area (Å²) in [6.07, 6.45) is 6.40. The zero-order valence-electron chi connectivity index (χ0n) is 18.4. The molecule has 3 aromatic rings. The average Bonchev–Trinajstić information content (AvgIpc) is 3.19. The molecule has 0 saturated carbocycles. The van der Waals surface area contributed by atoms with Crippen molar-refractivity contribution in [3.8, 4) is 29.0 Å². The maximum absolute atomic E-state index is 9.03. The molecular weight excluding hydrogens is 390 g/mol. The van der Waals surface area contributed by atoms with Gasteiger partial charge in [-0.2, -0.15) is 10.4 Å². The Morgan fingerprint density at radius 2 is 2.10 bits per heavy atom. The summed E-state index contributed by atoms with van der Waals surface area (Å²) in [5.74, 6) is 0.942. The smallest absolute Gasteiger partial charge is 0.263 e. The second-order valence-corrected chi connectivity index (χ2v) is 8.73. The summed E-state index contributed by atoms with van der Waals surface area (Å²) in [6, 6.07) is 6.52. The Balaban J connectivity index is 1.63. The first-order valence-corrected chi connectivity index (χ1v) is 10.3. The van der Waals surface area contributed by atoms with Gasteiger partial charge in [-0.1, -0.05) is 0 Å². The van der Waals surface area contributed by atoms with Crippen LogP contribution < -0.4 is 10.5 Å². The molecule has 4 rings (SSSR count). The van der Waals surface area contributed by atoms with Crippen LogP contribution in [-0.2, 0) is 18.5 Å². The number of likely N-dealkylation sites (N-methyl/N-ethyl adjacent to an activating group) is 1. The van der Waals surface area contributed by atoms with Crippen molar-refractivity contribution in [3.05, 3.63) is 47.4 Å². The van der Waals surface area contributed by atoms with Crippen molar-refractivity contribution < 1.29 is 4.74 Å². The Morgan fingerprint density at radius 1 is 1.29 bits per heavy atom. The highest BCUT2D eigenvalue weighted by Gasteiger charge is 2.22. The summed E-state index contributed by atoms with van der Waals surface area (Å²) in [6.45, 7) is 8.03. The first kappa shape index (κ1) is 20.8. The topological polar surface area (TPSA) is 106 Å². The molecule has 0 aliphatic carbocycles. The van der Waals surface area contributed by atoms with Gasteiger partial charge in [0.05, 0.1) is 42.3 Å². The maximum atomic E-state index is 9.03. The van der Waals surface area contributed by atoms with Gasteiger partial charge in [0.2, 0.25) is 0 Å². The lowest BCUT2D eigenvalue weighted by Gasteiger charge is -2.27.